The number of para-hydroxylation sites is 2. The summed E-state index contributed by atoms with van der Waals surface area (Å²) in [6.45, 7) is 1.97. The molecule has 2 N–H and O–H groups in total. The van der Waals surface area contributed by atoms with Crippen LogP contribution in [0.5, 0.6) is 0 Å². The zero-order valence-electron chi connectivity index (χ0n) is 20.1. The van der Waals surface area contributed by atoms with Crippen molar-refractivity contribution in [3.63, 3.8) is 0 Å². The van der Waals surface area contributed by atoms with Gasteiger partial charge >= 0.3 is 0 Å². The molecule has 4 aromatic heterocycles. The van der Waals surface area contributed by atoms with Crippen LogP contribution in [-0.4, -0.2) is 43.5 Å². The summed E-state index contributed by atoms with van der Waals surface area (Å²) in [7, 11) is 0. The third kappa shape index (κ3) is 6.04. The topological polar surface area (TPSA) is 111 Å². The van der Waals surface area contributed by atoms with Crippen LogP contribution in [0.2, 0.25) is 0 Å². The number of nitrogens with zero attached hydrogens (tertiary/aromatic N) is 5. The Labute approximate surface area is 212 Å². The number of aromatic nitrogens is 5. The van der Waals surface area contributed by atoms with Gasteiger partial charge in [0, 0.05) is 38.3 Å². The Hall–Kier alpha value is -4.44. The second-order valence-electron chi connectivity index (χ2n) is 8.42. The highest BCUT2D eigenvalue weighted by Gasteiger charge is 2.14. The molecule has 188 valence electrons. The zero-order chi connectivity index (χ0) is 25.5. The lowest BCUT2D eigenvalue weighted by molar-refractivity contribution is 0.0945. The van der Waals surface area contributed by atoms with Crippen LogP contribution in [0, 0.1) is 5.82 Å². The van der Waals surface area contributed by atoms with Crippen molar-refractivity contribution < 1.29 is 13.6 Å². The highest BCUT2D eigenvalue weighted by Crippen LogP contribution is 2.18. The largest absolute Gasteiger partial charge is 0.448 e. The Balaban J connectivity index is 1.11. The second kappa shape index (κ2) is 11.5. The molecule has 0 atom stereocenters. The van der Waals surface area contributed by atoms with Crippen LogP contribution >= 0.6 is 0 Å². The predicted molar refractivity (Wildman–Crippen MR) is 135 cm³/mol. The number of carbonyl (C=O) groups excluding carboxylic acids is 1. The molecule has 0 saturated carbocycles. The Morgan fingerprint density at radius 1 is 0.946 bits per heavy atom. The van der Waals surface area contributed by atoms with Crippen LogP contribution < -0.4 is 10.6 Å². The van der Waals surface area contributed by atoms with E-state index in [1.807, 2.05) is 36.4 Å². The van der Waals surface area contributed by atoms with E-state index >= 15 is 0 Å². The number of hydrogen-bond acceptors (Lipinski definition) is 7. The summed E-state index contributed by atoms with van der Waals surface area (Å²) in [5, 5.41) is 5.99. The van der Waals surface area contributed by atoms with E-state index in [-0.39, 0.29) is 17.9 Å². The zero-order valence-corrected chi connectivity index (χ0v) is 20.1. The fraction of sp³-hybridized carbons (Fsp3) is 0.222. The van der Waals surface area contributed by atoms with E-state index in [1.165, 1.54) is 24.6 Å². The molecule has 0 aliphatic carbocycles. The van der Waals surface area contributed by atoms with E-state index in [1.54, 1.807) is 6.20 Å². The molecular weight excluding hydrogens is 473 g/mol. The molecule has 10 heteroatoms. The van der Waals surface area contributed by atoms with Gasteiger partial charge in [-0.05, 0) is 36.4 Å². The number of nitrogens with one attached hydrogen (secondary N) is 2. The van der Waals surface area contributed by atoms with Crippen LogP contribution in [0.1, 0.15) is 33.6 Å². The van der Waals surface area contributed by atoms with Gasteiger partial charge in [-0.15, -0.1) is 0 Å². The van der Waals surface area contributed by atoms with Gasteiger partial charge in [-0.25, -0.2) is 14.4 Å². The van der Waals surface area contributed by atoms with Crippen LogP contribution in [0.25, 0.3) is 11.0 Å². The second-order valence-corrected chi connectivity index (χ2v) is 8.42. The molecule has 0 bridgehead atoms. The molecule has 0 radical (unpaired) electrons. The molecule has 1 amide bonds. The summed E-state index contributed by atoms with van der Waals surface area (Å²) >= 11 is 0. The maximum atomic E-state index is 13.7. The SMILES string of the molecule is O=C(NCc1ncccc1F)c1coc(CCNCCc2nc3ccccc3n2Cc2ccccn2)n1. The van der Waals surface area contributed by atoms with Gasteiger partial charge < -0.3 is 19.6 Å². The summed E-state index contributed by atoms with van der Waals surface area (Å²) in [6.07, 6.45) is 5.84. The maximum Gasteiger partial charge on any atom is 0.273 e. The Kier molecular flexibility index (Phi) is 7.56. The number of halogens is 1. The summed E-state index contributed by atoms with van der Waals surface area (Å²) in [5.74, 6) is 0.518. The summed E-state index contributed by atoms with van der Waals surface area (Å²) in [6, 6.07) is 16.8. The van der Waals surface area contributed by atoms with Crippen molar-refractivity contribution in [1.29, 1.82) is 0 Å². The smallest absolute Gasteiger partial charge is 0.273 e. The molecule has 0 aliphatic rings. The van der Waals surface area contributed by atoms with Crippen molar-refractivity contribution in [1.82, 2.24) is 35.1 Å². The average Bonchev–Trinajstić information content (AvgIpc) is 3.54. The fourth-order valence-electron chi connectivity index (χ4n) is 4.00. The molecular formula is C27H26FN7O2. The molecule has 0 saturated heterocycles. The average molecular weight is 500 g/mol. The molecule has 5 rings (SSSR count). The number of fused-ring (bicyclic) bond motifs is 1. The van der Waals surface area contributed by atoms with E-state index < -0.39 is 11.7 Å². The molecule has 0 fully saturated rings. The monoisotopic (exact) mass is 499 g/mol. The van der Waals surface area contributed by atoms with Crippen molar-refractivity contribution in [3.05, 3.63) is 108 Å². The number of pyridine rings is 2. The minimum absolute atomic E-state index is 0.0274. The Morgan fingerprint density at radius 2 is 1.78 bits per heavy atom. The van der Waals surface area contributed by atoms with Gasteiger partial charge in [0.2, 0.25) is 0 Å². The van der Waals surface area contributed by atoms with Gasteiger partial charge in [0.1, 0.15) is 17.9 Å². The van der Waals surface area contributed by atoms with E-state index in [0.717, 1.165) is 35.5 Å². The fourth-order valence-corrected chi connectivity index (χ4v) is 4.00. The number of benzene rings is 1. The van der Waals surface area contributed by atoms with Gasteiger partial charge in [-0.2, -0.15) is 0 Å². The number of imidazole rings is 1. The lowest BCUT2D eigenvalue weighted by Gasteiger charge is -2.09. The summed E-state index contributed by atoms with van der Waals surface area (Å²) < 4.78 is 21.3. The third-order valence-corrected chi connectivity index (χ3v) is 5.86. The normalized spacial score (nSPS) is 11.2. The minimum Gasteiger partial charge on any atom is -0.448 e. The number of amides is 1. The number of hydrogen-bond donors (Lipinski definition) is 2. The lowest BCUT2D eigenvalue weighted by atomic mass is 10.3. The standard InChI is InChI=1S/C27H26FN7O2/c28-20-7-5-13-31-22(20)16-32-27(36)23-18-37-26(34-23)11-15-29-14-10-25-33-21-8-1-2-9-24(21)35(25)17-19-6-3-4-12-30-19/h1-9,12-13,18,29H,10-11,14-17H2,(H,32,36). The van der Waals surface area contributed by atoms with Gasteiger partial charge in [0.05, 0.1) is 35.5 Å². The quantitative estimate of drug-likeness (QED) is 0.268. The first-order valence-corrected chi connectivity index (χ1v) is 12.0. The van der Waals surface area contributed by atoms with Crippen molar-refractivity contribution in [2.75, 3.05) is 13.1 Å². The number of rotatable bonds is 11. The molecule has 37 heavy (non-hydrogen) atoms. The van der Waals surface area contributed by atoms with Crippen molar-refractivity contribution in [2.45, 2.75) is 25.9 Å². The van der Waals surface area contributed by atoms with Gasteiger partial charge in [0.15, 0.2) is 11.6 Å². The van der Waals surface area contributed by atoms with Crippen molar-refractivity contribution in [2.24, 2.45) is 0 Å². The molecule has 9 nitrogen and oxygen atoms in total. The van der Waals surface area contributed by atoms with Crippen molar-refractivity contribution in [3.8, 4) is 0 Å². The van der Waals surface area contributed by atoms with Gasteiger partial charge in [-0.3, -0.25) is 14.8 Å². The van der Waals surface area contributed by atoms with Crippen molar-refractivity contribution >= 4 is 16.9 Å². The first-order chi connectivity index (χ1) is 18.2. The van der Waals surface area contributed by atoms with E-state index in [0.29, 0.717) is 25.4 Å². The highest BCUT2D eigenvalue weighted by atomic mass is 19.1. The van der Waals surface area contributed by atoms with Gasteiger partial charge in [0.25, 0.3) is 5.91 Å². The van der Waals surface area contributed by atoms with E-state index in [9.17, 15) is 9.18 Å². The highest BCUT2D eigenvalue weighted by molar-refractivity contribution is 5.91. The Bertz CT molecular complexity index is 1480. The van der Waals surface area contributed by atoms with Crippen LogP contribution in [0.3, 0.4) is 0 Å². The lowest BCUT2D eigenvalue weighted by Crippen LogP contribution is -2.24. The number of oxazole rings is 1. The van der Waals surface area contributed by atoms with Crippen LogP contribution in [0.15, 0.2) is 77.7 Å². The van der Waals surface area contributed by atoms with Crippen LogP contribution in [0.4, 0.5) is 4.39 Å². The van der Waals surface area contributed by atoms with E-state index in [4.69, 9.17) is 9.40 Å². The molecule has 0 spiro atoms. The summed E-state index contributed by atoms with van der Waals surface area (Å²) in [4.78, 5) is 29.7. The summed E-state index contributed by atoms with van der Waals surface area (Å²) in [5.41, 5.74) is 3.34. The third-order valence-electron chi connectivity index (χ3n) is 5.86. The van der Waals surface area contributed by atoms with Gasteiger partial charge in [-0.1, -0.05) is 18.2 Å². The molecule has 4 heterocycles. The molecule has 5 aromatic rings. The predicted octanol–water partition coefficient (Wildman–Crippen LogP) is 3.31. The first kappa shape index (κ1) is 24.3. The molecule has 0 unspecified atom stereocenters. The first-order valence-electron chi connectivity index (χ1n) is 12.0. The molecule has 1 aromatic carbocycles. The minimum atomic E-state index is -0.470. The maximum absolute atomic E-state index is 13.7. The molecule has 0 aliphatic heterocycles. The van der Waals surface area contributed by atoms with Crippen LogP contribution in [-0.2, 0) is 25.9 Å². The Morgan fingerprint density at radius 3 is 2.65 bits per heavy atom. The number of carbonyl (C=O) groups is 1. The van der Waals surface area contributed by atoms with E-state index in [2.05, 4.69) is 36.2 Å².